The number of non-ortho nitro benzene ring substituents is 1. The summed E-state index contributed by atoms with van der Waals surface area (Å²) in [5, 5.41) is 10.6. The number of ether oxygens (including phenoxy) is 1. The zero-order valence-corrected chi connectivity index (χ0v) is 10.5. The van der Waals surface area contributed by atoms with E-state index in [-0.39, 0.29) is 11.3 Å². The lowest BCUT2D eigenvalue weighted by molar-refractivity contribution is -0.384. The second kappa shape index (κ2) is 6.70. The van der Waals surface area contributed by atoms with Crippen LogP contribution in [0.3, 0.4) is 0 Å². The van der Waals surface area contributed by atoms with Gasteiger partial charge in [-0.25, -0.2) is 0 Å². The van der Waals surface area contributed by atoms with Gasteiger partial charge in [-0.15, -0.1) is 0 Å². The number of aldehydes is 1. The minimum absolute atomic E-state index is 0.113. The van der Waals surface area contributed by atoms with Crippen LogP contribution in [0, 0.1) is 10.1 Å². The van der Waals surface area contributed by atoms with Crippen LogP contribution in [0.15, 0.2) is 18.2 Å². The van der Waals surface area contributed by atoms with Crippen molar-refractivity contribution in [1.82, 2.24) is 4.90 Å². The quantitative estimate of drug-likeness (QED) is 0.320. The maximum atomic E-state index is 10.8. The number of nitro groups is 1. The summed E-state index contributed by atoms with van der Waals surface area (Å²) < 4.78 is 5.43. The van der Waals surface area contributed by atoms with E-state index in [9.17, 15) is 14.9 Å². The number of carbonyl (C=O) groups is 1. The molecule has 0 N–H and O–H groups in total. The Morgan fingerprint density at radius 3 is 2.72 bits per heavy atom. The maximum Gasteiger partial charge on any atom is 0.270 e. The van der Waals surface area contributed by atoms with Crippen LogP contribution in [-0.4, -0.2) is 43.4 Å². The van der Waals surface area contributed by atoms with Gasteiger partial charge in [-0.1, -0.05) is 0 Å². The molecule has 0 saturated heterocycles. The van der Waals surface area contributed by atoms with Crippen molar-refractivity contribution in [3.8, 4) is 5.75 Å². The molecule has 98 valence electrons. The van der Waals surface area contributed by atoms with E-state index in [0.29, 0.717) is 18.6 Å². The number of hydrogen-bond acceptors (Lipinski definition) is 5. The van der Waals surface area contributed by atoms with Crippen molar-refractivity contribution in [3.63, 3.8) is 0 Å². The van der Waals surface area contributed by atoms with E-state index in [1.807, 2.05) is 19.0 Å². The van der Waals surface area contributed by atoms with Crippen molar-refractivity contribution in [1.29, 1.82) is 0 Å². The number of hydrogen-bond donors (Lipinski definition) is 0. The van der Waals surface area contributed by atoms with E-state index < -0.39 is 4.92 Å². The van der Waals surface area contributed by atoms with Crippen molar-refractivity contribution in [2.75, 3.05) is 27.2 Å². The number of benzene rings is 1. The Morgan fingerprint density at radius 1 is 1.44 bits per heavy atom. The molecule has 0 aliphatic heterocycles. The fraction of sp³-hybridized carbons (Fsp3) is 0.417. The largest absolute Gasteiger partial charge is 0.493 e. The minimum Gasteiger partial charge on any atom is -0.493 e. The number of nitrogens with zero attached hydrogens (tertiary/aromatic N) is 2. The second-order valence-corrected chi connectivity index (χ2v) is 4.10. The third kappa shape index (κ3) is 4.14. The van der Waals surface area contributed by atoms with Gasteiger partial charge in [0.2, 0.25) is 0 Å². The van der Waals surface area contributed by atoms with Crippen LogP contribution in [0.25, 0.3) is 0 Å². The molecule has 0 aliphatic rings. The van der Waals surface area contributed by atoms with Crippen LogP contribution in [0.4, 0.5) is 5.69 Å². The molecule has 0 heterocycles. The SMILES string of the molecule is CN(C)CCCOc1ccc([N+](=O)[O-])cc1C=O. The van der Waals surface area contributed by atoms with Crippen molar-refractivity contribution in [2.45, 2.75) is 6.42 Å². The predicted molar refractivity (Wildman–Crippen MR) is 67.1 cm³/mol. The summed E-state index contributed by atoms with van der Waals surface area (Å²) in [7, 11) is 3.92. The predicted octanol–water partition coefficient (Wildman–Crippen LogP) is 1.74. The van der Waals surface area contributed by atoms with Crippen LogP contribution in [-0.2, 0) is 0 Å². The monoisotopic (exact) mass is 252 g/mol. The molecular formula is C12H16N2O4. The zero-order valence-electron chi connectivity index (χ0n) is 10.5. The fourth-order valence-electron chi connectivity index (χ4n) is 1.44. The molecule has 1 aromatic carbocycles. The van der Waals surface area contributed by atoms with Gasteiger partial charge in [0.25, 0.3) is 5.69 Å². The summed E-state index contributed by atoms with van der Waals surface area (Å²) in [6.45, 7) is 1.35. The lowest BCUT2D eigenvalue weighted by atomic mass is 10.2. The van der Waals surface area contributed by atoms with Crippen molar-refractivity contribution in [3.05, 3.63) is 33.9 Å². The minimum atomic E-state index is -0.539. The van der Waals surface area contributed by atoms with E-state index in [0.717, 1.165) is 13.0 Å². The van der Waals surface area contributed by atoms with Crippen LogP contribution in [0.5, 0.6) is 5.75 Å². The standard InChI is InChI=1S/C12H16N2O4/c1-13(2)6-3-7-18-12-5-4-11(14(16)17)8-10(12)9-15/h4-5,8-9H,3,6-7H2,1-2H3. The van der Waals surface area contributed by atoms with Gasteiger partial charge in [-0.3, -0.25) is 14.9 Å². The van der Waals surface area contributed by atoms with Gasteiger partial charge >= 0.3 is 0 Å². The summed E-state index contributed by atoms with van der Waals surface area (Å²) in [6.07, 6.45) is 1.39. The molecule has 1 rings (SSSR count). The first-order valence-electron chi connectivity index (χ1n) is 5.55. The van der Waals surface area contributed by atoms with Gasteiger partial charge in [-0.2, -0.15) is 0 Å². The Labute approximate surface area is 105 Å². The van der Waals surface area contributed by atoms with Gasteiger partial charge in [-0.05, 0) is 26.6 Å². The third-order valence-corrected chi connectivity index (χ3v) is 2.34. The zero-order chi connectivity index (χ0) is 13.5. The molecule has 6 nitrogen and oxygen atoms in total. The van der Waals surface area contributed by atoms with Crippen LogP contribution in [0.2, 0.25) is 0 Å². The molecule has 18 heavy (non-hydrogen) atoms. The van der Waals surface area contributed by atoms with Crippen molar-refractivity contribution < 1.29 is 14.5 Å². The molecule has 0 aromatic heterocycles. The first-order valence-corrected chi connectivity index (χ1v) is 5.55. The third-order valence-electron chi connectivity index (χ3n) is 2.34. The van der Waals surface area contributed by atoms with E-state index in [4.69, 9.17) is 4.74 Å². The van der Waals surface area contributed by atoms with Gasteiger partial charge < -0.3 is 9.64 Å². The Bertz CT molecular complexity index is 432. The molecule has 6 heteroatoms. The molecule has 1 aromatic rings. The van der Waals surface area contributed by atoms with Crippen LogP contribution in [0.1, 0.15) is 16.8 Å². The number of rotatable bonds is 7. The highest BCUT2D eigenvalue weighted by atomic mass is 16.6. The first-order chi connectivity index (χ1) is 8.54. The smallest absolute Gasteiger partial charge is 0.270 e. The Kier molecular flexibility index (Phi) is 5.26. The summed E-state index contributed by atoms with van der Waals surface area (Å²) in [4.78, 5) is 22.9. The molecule has 0 saturated carbocycles. The summed E-state index contributed by atoms with van der Waals surface area (Å²) >= 11 is 0. The highest BCUT2D eigenvalue weighted by Crippen LogP contribution is 2.22. The lowest BCUT2D eigenvalue weighted by Gasteiger charge is -2.11. The molecule has 0 spiro atoms. The van der Waals surface area contributed by atoms with Gasteiger partial charge in [0, 0.05) is 18.7 Å². The van der Waals surface area contributed by atoms with Gasteiger partial charge in [0.1, 0.15) is 5.75 Å². The Morgan fingerprint density at radius 2 is 2.17 bits per heavy atom. The van der Waals surface area contributed by atoms with Gasteiger partial charge in [0.05, 0.1) is 17.1 Å². The normalized spacial score (nSPS) is 10.4. The average Bonchev–Trinajstić information content (AvgIpc) is 2.34. The molecular weight excluding hydrogens is 236 g/mol. The van der Waals surface area contributed by atoms with E-state index in [1.165, 1.54) is 18.2 Å². The molecule has 0 atom stereocenters. The Balaban J connectivity index is 2.65. The topological polar surface area (TPSA) is 72.7 Å². The van der Waals surface area contributed by atoms with Crippen LogP contribution < -0.4 is 4.74 Å². The average molecular weight is 252 g/mol. The van der Waals surface area contributed by atoms with E-state index >= 15 is 0 Å². The molecule has 0 radical (unpaired) electrons. The van der Waals surface area contributed by atoms with Gasteiger partial charge in [0.15, 0.2) is 6.29 Å². The first kappa shape index (κ1) is 14.1. The van der Waals surface area contributed by atoms with Crippen molar-refractivity contribution in [2.24, 2.45) is 0 Å². The fourth-order valence-corrected chi connectivity index (χ4v) is 1.44. The van der Waals surface area contributed by atoms with E-state index in [1.54, 1.807) is 0 Å². The maximum absolute atomic E-state index is 10.8. The second-order valence-electron chi connectivity index (χ2n) is 4.10. The number of carbonyl (C=O) groups excluding carboxylic acids is 1. The molecule has 0 amide bonds. The Hall–Kier alpha value is -1.95. The molecule has 0 aliphatic carbocycles. The summed E-state index contributed by atoms with van der Waals surface area (Å²) in [5.41, 5.74) is 0.0896. The highest BCUT2D eigenvalue weighted by molar-refractivity contribution is 5.80. The number of nitro benzene ring substituents is 1. The molecule has 0 bridgehead atoms. The highest BCUT2D eigenvalue weighted by Gasteiger charge is 2.11. The van der Waals surface area contributed by atoms with Crippen LogP contribution >= 0.6 is 0 Å². The van der Waals surface area contributed by atoms with E-state index in [2.05, 4.69) is 0 Å². The molecule has 0 unspecified atom stereocenters. The summed E-state index contributed by atoms with van der Waals surface area (Å²) in [5.74, 6) is 0.384. The molecule has 0 fully saturated rings. The summed E-state index contributed by atoms with van der Waals surface area (Å²) in [6, 6.07) is 4.00. The van der Waals surface area contributed by atoms with Crippen molar-refractivity contribution >= 4 is 12.0 Å². The lowest BCUT2D eigenvalue weighted by Crippen LogP contribution is -2.15.